The highest BCUT2D eigenvalue weighted by molar-refractivity contribution is 8.01. The Morgan fingerprint density at radius 2 is 1.96 bits per heavy atom. The van der Waals surface area contributed by atoms with Gasteiger partial charge in [0.2, 0.25) is 17.7 Å². The summed E-state index contributed by atoms with van der Waals surface area (Å²) in [4.78, 5) is 49.5. The number of carbonyl (C=O) groups is 4. The molecule has 1 aliphatic heterocycles. The number of likely N-dealkylation sites (tertiary alicyclic amines) is 1. The number of imide groups is 1. The Balaban J connectivity index is 2.99. The van der Waals surface area contributed by atoms with Gasteiger partial charge in [-0.3, -0.25) is 24.1 Å². The van der Waals surface area contributed by atoms with Crippen molar-refractivity contribution in [2.75, 3.05) is 12.8 Å². The van der Waals surface area contributed by atoms with Gasteiger partial charge in [0, 0.05) is 19.0 Å². The van der Waals surface area contributed by atoms with Crippen molar-refractivity contribution in [3.05, 3.63) is 12.7 Å². The predicted octanol–water partition coefficient (Wildman–Crippen LogP) is 1.54. The number of rotatable bonds is 8. The number of carbonyl (C=O) groups excluding carboxylic acids is 4. The van der Waals surface area contributed by atoms with Gasteiger partial charge in [0.1, 0.15) is 5.78 Å². The lowest BCUT2D eigenvalue weighted by atomic mass is 9.77. The third-order valence-electron chi connectivity index (χ3n) is 4.19. The zero-order valence-corrected chi connectivity index (χ0v) is 15.8. The minimum atomic E-state index is -0.899. The van der Waals surface area contributed by atoms with Crippen LogP contribution in [0.15, 0.2) is 12.7 Å². The van der Waals surface area contributed by atoms with Crippen molar-refractivity contribution in [2.24, 2.45) is 5.41 Å². The van der Waals surface area contributed by atoms with Crippen LogP contribution in [0.2, 0.25) is 0 Å². The monoisotopic (exact) mass is 354 g/mol. The third kappa shape index (κ3) is 4.26. The predicted molar refractivity (Wildman–Crippen MR) is 94.5 cm³/mol. The highest BCUT2D eigenvalue weighted by Gasteiger charge is 2.49. The Morgan fingerprint density at radius 1 is 1.38 bits per heavy atom. The molecule has 2 atom stereocenters. The van der Waals surface area contributed by atoms with Gasteiger partial charge >= 0.3 is 0 Å². The molecule has 2 unspecified atom stereocenters. The summed E-state index contributed by atoms with van der Waals surface area (Å²) < 4.78 is 0. The van der Waals surface area contributed by atoms with Crippen molar-refractivity contribution < 1.29 is 19.2 Å². The molecule has 0 aliphatic carbocycles. The minimum absolute atomic E-state index is 0.0307. The van der Waals surface area contributed by atoms with Crippen LogP contribution in [-0.2, 0) is 19.2 Å². The molecule has 0 bridgehead atoms. The lowest BCUT2D eigenvalue weighted by Crippen LogP contribution is -2.52. The van der Waals surface area contributed by atoms with Crippen molar-refractivity contribution >= 4 is 35.3 Å². The van der Waals surface area contributed by atoms with E-state index in [1.807, 2.05) is 0 Å². The highest BCUT2D eigenvalue weighted by atomic mass is 32.2. The topological polar surface area (TPSA) is 83.6 Å². The fraction of sp³-hybridized carbons (Fsp3) is 0.647. The third-order valence-corrected chi connectivity index (χ3v) is 5.54. The lowest BCUT2D eigenvalue weighted by Gasteiger charge is -2.39. The SMILES string of the molecule is C=CC(C)(CC(C)(C)N1C(=O)CC(SCC(C)=O)C1=O)C(=O)NC. The fourth-order valence-electron chi connectivity index (χ4n) is 3.10. The molecular formula is C17H26N2O4S. The molecule has 0 spiro atoms. The van der Waals surface area contributed by atoms with Crippen LogP contribution in [0.1, 0.15) is 40.5 Å². The van der Waals surface area contributed by atoms with Crippen LogP contribution >= 0.6 is 11.8 Å². The lowest BCUT2D eigenvalue weighted by molar-refractivity contribution is -0.147. The second kappa shape index (κ2) is 7.51. The Hall–Kier alpha value is -1.63. The van der Waals surface area contributed by atoms with E-state index >= 15 is 0 Å². The number of ketones is 1. The largest absolute Gasteiger partial charge is 0.358 e. The van der Waals surface area contributed by atoms with Crippen LogP contribution in [0.25, 0.3) is 0 Å². The summed E-state index contributed by atoms with van der Waals surface area (Å²) in [5, 5.41) is 2.06. The summed E-state index contributed by atoms with van der Waals surface area (Å²) in [6.45, 7) is 10.4. The molecule has 1 saturated heterocycles. The van der Waals surface area contributed by atoms with E-state index in [0.717, 1.165) is 0 Å². The van der Waals surface area contributed by atoms with Gasteiger partial charge in [0.05, 0.1) is 16.4 Å². The first kappa shape index (κ1) is 20.4. The van der Waals surface area contributed by atoms with Gasteiger partial charge in [-0.25, -0.2) is 0 Å². The van der Waals surface area contributed by atoms with Crippen molar-refractivity contribution in [3.8, 4) is 0 Å². The van der Waals surface area contributed by atoms with Crippen molar-refractivity contribution in [3.63, 3.8) is 0 Å². The maximum atomic E-state index is 12.6. The number of nitrogens with one attached hydrogen (secondary N) is 1. The molecule has 0 aromatic rings. The average molecular weight is 354 g/mol. The molecule has 0 saturated carbocycles. The number of nitrogens with zero attached hydrogens (tertiary/aromatic N) is 1. The van der Waals surface area contributed by atoms with E-state index < -0.39 is 16.2 Å². The quantitative estimate of drug-likeness (QED) is 0.528. The Kier molecular flexibility index (Phi) is 6.38. The molecule has 134 valence electrons. The van der Waals surface area contributed by atoms with Gasteiger partial charge in [0.15, 0.2) is 0 Å². The summed E-state index contributed by atoms with van der Waals surface area (Å²) in [6, 6.07) is 0. The molecule has 7 heteroatoms. The zero-order valence-electron chi connectivity index (χ0n) is 15.0. The van der Waals surface area contributed by atoms with Crippen molar-refractivity contribution in [1.82, 2.24) is 10.2 Å². The Morgan fingerprint density at radius 3 is 2.42 bits per heavy atom. The average Bonchev–Trinajstić information content (AvgIpc) is 2.78. The van der Waals surface area contributed by atoms with Gasteiger partial charge < -0.3 is 5.32 Å². The van der Waals surface area contributed by atoms with Crippen molar-refractivity contribution in [2.45, 2.75) is 51.3 Å². The van der Waals surface area contributed by atoms with Crippen LogP contribution in [0.4, 0.5) is 0 Å². The Bertz CT molecular complexity index is 573. The Labute approximate surface area is 147 Å². The summed E-state index contributed by atoms with van der Waals surface area (Å²) in [7, 11) is 1.54. The molecular weight excluding hydrogens is 328 g/mol. The molecule has 0 aromatic carbocycles. The van der Waals surface area contributed by atoms with Gasteiger partial charge in [-0.15, -0.1) is 18.3 Å². The van der Waals surface area contributed by atoms with Crippen LogP contribution in [-0.4, -0.2) is 52.0 Å². The number of Topliss-reactive ketones (excluding diaryl/α,β-unsaturated/α-hetero) is 1. The molecule has 24 heavy (non-hydrogen) atoms. The molecule has 0 radical (unpaired) electrons. The van der Waals surface area contributed by atoms with E-state index in [4.69, 9.17) is 0 Å². The molecule has 1 N–H and O–H groups in total. The van der Waals surface area contributed by atoms with E-state index in [1.54, 1.807) is 26.8 Å². The normalized spacial score (nSPS) is 20.7. The molecule has 1 heterocycles. The number of hydrogen-bond acceptors (Lipinski definition) is 5. The molecule has 0 aromatic heterocycles. The van der Waals surface area contributed by atoms with E-state index in [-0.39, 0.29) is 42.1 Å². The van der Waals surface area contributed by atoms with Gasteiger partial charge in [-0.05, 0) is 34.1 Å². The highest BCUT2D eigenvalue weighted by Crippen LogP contribution is 2.38. The van der Waals surface area contributed by atoms with Gasteiger partial charge in [-0.2, -0.15) is 0 Å². The van der Waals surface area contributed by atoms with Crippen molar-refractivity contribution in [1.29, 1.82) is 0 Å². The van der Waals surface area contributed by atoms with Crippen LogP contribution < -0.4 is 5.32 Å². The first-order valence-electron chi connectivity index (χ1n) is 7.82. The summed E-state index contributed by atoms with van der Waals surface area (Å²) >= 11 is 1.20. The molecule has 6 nitrogen and oxygen atoms in total. The number of amides is 3. The standard InChI is InChI=1S/C17H26N2O4S/c1-7-17(5,15(23)18-6)10-16(3,4)19-13(21)8-12(14(19)22)24-9-11(2)20/h7,12H,1,8-10H2,2-6H3,(H,18,23). The first-order chi connectivity index (χ1) is 11.0. The van der Waals surface area contributed by atoms with Crippen LogP contribution in [0.5, 0.6) is 0 Å². The smallest absolute Gasteiger partial charge is 0.243 e. The summed E-state index contributed by atoms with van der Waals surface area (Å²) in [5.41, 5.74) is -1.74. The number of thioether (sulfide) groups is 1. The molecule has 1 aliphatic rings. The summed E-state index contributed by atoms with van der Waals surface area (Å²) in [5.74, 6) is -0.599. The molecule has 1 fully saturated rings. The second-order valence-electron chi connectivity index (χ2n) is 6.96. The van der Waals surface area contributed by atoms with Crippen LogP contribution in [0, 0.1) is 5.41 Å². The molecule has 1 rings (SSSR count). The number of hydrogen-bond donors (Lipinski definition) is 1. The molecule has 3 amide bonds. The van der Waals surface area contributed by atoms with E-state index in [0.29, 0.717) is 0 Å². The maximum Gasteiger partial charge on any atom is 0.243 e. The second-order valence-corrected chi connectivity index (χ2v) is 8.15. The zero-order chi connectivity index (χ0) is 18.7. The van der Waals surface area contributed by atoms with E-state index in [2.05, 4.69) is 11.9 Å². The van der Waals surface area contributed by atoms with E-state index in [1.165, 1.54) is 30.6 Å². The fourth-order valence-corrected chi connectivity index (χ4v) is 4.04. The van der Waals surface area contributed by atoms with E-state index in [9.17, 15) is 19.2 Å². The summed E-state index contributed by atoms with van der Waals surface area (Å²) in [6.07, 6.45) is 1.90. The maximum absolute atomic E-state index is 12.6. The minimum Gasteiger partial charge on any atom is -0.358 e. The van der Waals surface area contributed by atoms with Gasteiger partial charge in [-0.1, -0.05) is 6.08 Å². The van der Waals surface area contributed by atoms with Crippen LogP contribution in [0.3, 0.4) is 0 Å². The van der Waals surface area contributed by atoms with Gasteiger partial charge in [0.25, 0.3) is 0 Å². The first-order valence-corrected chi connectivity index (χ1v) is 8.87.